The van der Waals surface area contributed by atoms with E-state index in [2.05, 4.69) is 0 Å². The minimum atomic E-state index is -2.65. The van der Waals surface area contributed by atoms with Crippen molar-refractivity contribution in [2.75, 3.05) is 12.3 Å². The van der Waals surface area contributed by atoms with Gasteiger partial charge in [0, 0.05) is 12.3 Å². The van der Waals surface area contributed by atoms with Gasteiger partial charge < -0.3 is 6.32 Å². The van der Waals surface area contributed by atoms with Crippen molar-refractivity contribution in [2.45, 2.75) is 13.8 Å². The van der Waals surface area contributed by atoms with Crippen LogP contribution in [0.3, 0.4) is 0 Å². The van der Waals surface area contributed by atoms with E-state index < -0.39 is 7.37 Å². The van der Waals surface area contributed by atoms with Crippen molar-refractivity contribution in [1.29, 1.82) is 0 Å². The molecule has 0 amide bonds. The Morgan fingerprint density at radius 1 is 1.50 bits per heavy atom. The van der Waals surface area contributed by atoms with Crippen LogP contribution in [-0.2, 0) is 4.57 Å². The van der Waals surface area contributed by atoms with Gasteiger partial charge in [-0.1, -0.05) is 13.8 Å². The molecule has 0 aliphatic carbocycles. The molecule has 8 heavy (non-hydrogen) atoms. The summed E-state index contributed by atoms with van der Waals surface area (Å²) in [6.07, 6.45) is 0.812. The minimum absolute atomic E-state index is 0. The largest absolute Gasteiger partial charge is 1.00 e. The summed E-state index contributed by atoms with van der Waals surface area (Å²) in [5, 5.41) is 0. The molecule has 0 bridgehead atoms. The van der Waals surface area contributed by atoms with Crippen LogP contribution in [0, 0.1) is 0 Å². The second-order valence-corrected chi connectivity index (χ2v) is 4.44. The third-order valence-electron chi connectivity index (χ3n) is 0.988. The number of hydrogen-bond acceptors (Lipinski definition) is 1. The fourth-order valence-electron chi connectivity index (χ4n) is 0.224. The molecule has 0 atom stereocenters. The first-order valence-corrected chi connectivity index (χ1v) is 4.46. The van der Waals surface area contributed by atoms with E-state index >= 15 is 0 Å². The second-order valence-electron chi connectivity index (χ2n) is 1.48. The van der Waals surface area contributed by atoms with Gasteiger partial charge in [0.05, 0.1) is 0 Å². The predicted octanol–water partition coefficient (Wildman–Crippen LogP) is -1.59. The van der Waals surface area contributed by atoms with Crippen molar-refractivity contribution >= 4 is 7.37 Å². The van der Waals surface area contributed by atoms with E-state index in [1.165, 1.54) is 0 Å². The molecular weight excluding hydrogens is 134 g/mol. The van der Waals surface area contributed by atoms with Gasteiger partial charge in [0.1, 0.15) is 0 Å². The van der Waals surface area contributed by atoms with Gasteiger partial charge in [-0.25, -0.2) is 0 Å². The predicted molar refractivity (Wildman–Crippen MR) is 32.0 cm³/mol. The van der Waals surface area contributed by atoms with Gasteiger partial charge in [0.2, 0.25) is 0 Å². The van der Waals surface area contributed by atoms with Gasteiger partial charge in [0.25, 0.3) is 0 Å². The maximum Gasteiger partial charge on any atom is 1.00 e. The first kappa shape index (κ1) is 11.9. The Morgan fingerprint density at radius 2 is 1.75 bits per heavy atom. The van der Waals surface area contributed by atoms with Crippen LogP contribution in [0.15, 0.2) is 0 Å². The summed E-state index contributed by atoms with van der Waals surface area (Å²) < 4.78 is 10.5. The smallest absolute Gasteiger partial charge is 1.00 e. The first-order valence-electron chi connectivity index (χ1n) is 2.43. The Morgan fingerprint density at radius 3 is 1.75 bits per heavy atom. The standard InChI is InChI=1S/C4H11O2P.Na.H/c1-3-7(5,6)4-2;;/h3-4H2,1-2H3,(H,5,6);;/q;+1;-1. The Balaban J connectivity index is -0.000000180. The minimum Gasteiger partial charge on any atom is -1.00 e. The first-order chi connectivity index (χ1) is 3.12. The number of rotatable bonds is 2. The van der Waals surface area contributed by atoms with E-state index in [-0.39, 0.29) is 31.0 Å². The van der Waals surface area contributed by atoms with E-state index in [4.69, 9.17) is 4.89 Å². The molecule has 46 valence electrons. The van der Waals surface area contributed by atoms with Crippen LogP contribution in [0.2, 0.25) is 0 Å². The summed E-state index contributed by atoms with van der Waals surface area (Å²) in [6.45, 7) is 3.45. The van der Waals surface area contributed by atoms with Crippen molar-refractivity contribution in [3.05, 3.63) is 0 Å². The normalized spacial score (nSPS) is 10.4. The van der Waals surface area contributed by atoms with Crippen LogP contribution in [-0.4, -0.2) is 17.2 Å². The van der Waals surface area contributed by atoms with Crippen LogP contribution < -0.4 is 29.6 Å². The van der Waals surface area contributed by atoms with E-state index in [0.29, 0.717) is 12.3 Å². The van der Waals surface area contributed by atoms with Crippen molar-refractivity contribution in [1.82, 2.24) is 0 Å². The monoisotopic (exact) mass is 146 g/mol. The summed E-state index contributed by atoms with van der Waals surface area (Å²) in [4.78, 5) is 8.69. The average molecular weight is 146 g/mol. The summed E-state index contributed by atoms with van der Waals surface area (Å²) in [7, 11) is -2.65. The maximum atomic E-state index is 10.5. The van der Waals surface area contributed by atoms with Crippen LogP contribution in [0.4, 0.5) is 0 Å². The van der Waals surface area contributed by atoms with Gasteiger partial charge in [-0.05, 0) is 0 Å². The molecule has 0 aliphatic rings. The summed E-state index contributed by atoms with van der Waals surface area (Å²) in [6, 6.07) is 0. The molecule has 0 fully saturated rings. The fraction of sp³-hybridized carbons (Fsp3) is 1.00. The zero-order valence-corrected chi connectivity index (χ0v) is 8.61. The van der Waals surface area contributed by atoms with Gasteiger partial charge in [-0.15, -0.1) is 0 Å². The molecule has 0 saturated heterocycles. The molecule has 0 saturated carbocycles. The van der Waals surface area contributed by atoms with Crippen LogP contribution >= 0.6 is 7.37 Å². The van der Waals surface area contributed by atoms with Gasteiger partial charge in [0.15, 0.2) is 7.37 Å². The third-order valence-corrected chi connectivity index (χ3v) is 2.96. The SMILES string of the molecule is CCP(=O)(O)CC.[H-].[Na+]. The molecule has 0 aromatic rings. The van der Waals surface area contributed by atoms with Crippen molar-refractivity contribution in [3.8, 4) is 0 Å². The fourth-order valence-corrected chi connectivity index (χ4v) is 0.671. The Hall–Kier alpha value is 1.19. The molecule has 0 rings (SSSR count). The maximum absolute atomic E-state index is 10.5. The molecule has 0 unspecified atom stereocenters. The molecule has 0 aliphatic heterocycles. The summed E-state index contributed by atoms with van der Waals surface area (Å²) >= 11 is 0. The van der Waals surface area contributed by atoms with Crippen molar-refractivity contribution in [2.24, 2.45) is 0 Å². The quantitative estimate of drug-likeness (QED) is 0.377. The average Bonchev–Trinajstić information content (AvgIpc) is 1.68. The van der Waals surface area contributed by atoms with E-state index in [9.17, 15) is 4.57 Å². The molecular formula is C4H12NaO2P. The van der Waals surface area contributed by atoms with Gasteiger partial charge in [-0.3, -0.25) is 4.57 Å². The molecule has 0 aromatic carbocycles. The third kappa shape index (κ3) is 5.33. The molecule has 0 radical (unpaired) electrons. The van der Waals surface area contributed by atoms with Gasteiger partial charge >= 0.3 is 29.6 Å². The molecule has 2 nitrogen and oxygen atoms in total. The van der Waals surface area contributed by atoms with Crippen LogP contribution in [0.5, 0.6) is 0 Å². The second kappa shape index (κ2) is 5.01. The Labute approximate surface area is 73.9 Å². The molecule has 0 heterocycles. The summed E-state index contributed by atoms with van der Waals surface area (Å²) in [5.74, 6) is 0. The van der Waals surface area contributed by atoms with Crippen molar-refractivity contribution in [3.63, 3.8) is 0 Å². The van der Waals surface area contributed by atoms with E-state index in [1.807, 2.05) is 0 Å². The van der Waals surface area contributed by atoms with E-state index in [1.54, 1.807) is 13.8 Å². The molecule has 0 aromatic heterocycles. The Kier molecular flexibility index (Phi) is 7.47. The van der Waals surface area contributed by atoms with Gasteiger partial charge in [-0.2, -0.15) is 0 Å². The topological polar surface area (TPSA) is 37.3 Å². The molecule has 0 spiro atoms. The number of hydrogen-bond donors (Lipinski definition) is 1. The van der Waals surface area contributed by atoms with E-state index in [0.717, 1.165) is 0 Å². The molecule has 4 heteroatoms. The van der Waals surface area contributed by atoms with Crippen LogP contribution in [0.1, 0.15) is 15.3 Å². The Bertz CT molecular complexity index is 90.6. The summed E-state index contributed by atoms with van der Waals surface area (Å²) in [5.41, 5.74) is 0. The van der Waals surface area contributed by atoms with Crippen molar-refractivity contribution < 1.29 is 40.4 Å². The zero-order valence-electron chi connectivity index (χ0n) is 6.72. The zero-order chi connectivity index (χ0) is 5.91. The molecule has 1 N–H and O–H groups in total. The van der Waals surface area contributed by atoms with Crippen LogP contribution in [0.25, 0.3) is 0 Å².